The van der Waals surface area contributed by atoms with Crippen LogP contribution in [0.1, 0.15) is 31.9 Å². The highest BCUT2D eigenvalue weighted by molar-refractivity contribution is 7.08. The van der Waals surface area contributed by atoms with Gasteiger partial charge in [-0.05, 0) is 34.1 Å². The van der Waals surface area contributed by atoms with Gasteiger partial charge in [-0.15, -0.1) is 0 Å². The van der Waals surface area contributed by atoms with Gasteiger partial charge in [0, 0.05) is 17.0 Å². The van der Waals surface area contributed by atoms with Crippen LogP contribution < -0.4 is 5.56 Å². The molecule has 0 aliphatic heterocycles. The molecule has 0 aliphatic rings. The SMILES string of the molecule is CC(C)(C)c1ccc(Cn2c(-c3ccsc3)cccc2=O)cc1. The van der Waals surface area contributed by atoms with E-state index in [1.165, 1.54) is 5.56 Å². The van der Waals surface area contributed by atoms with Gasteiger partial charge >= 0.3 is 0 Å². The first-order valence-corrected chi connectivity index (χ1v) is 8.71. The Hall–Kier alpha value is -2.13. The largest absolute Gasteiger partial charge is 0.304 e. The van der Waals surface area contributed by atoms with Crippen molar-refractivity contribution in [2.24, 2.45) is 0 Å². The molecule has 0 unspecified atom stereocenters. The number of pyridine rings is 1. The van der Waals surface area contributed by atoms with Crippen LogP contribution in [0.25, 0.3) is 11.3 Å². The fourth-order valence-corrected chi connectivity index (χ4v) is 3.29. The maximum Gasteiger partial charge on any atom is 0.251 e. The number of benzene rings is 1. The van der Waals surface area contributed by atoms with Gasteiger partial charge in [-0.25, -0.2) is 0 Å². The zero-order chi connectivity index (χ0) is 16.4. The zero-order valence-electron chi connectivity index (χ0n) is 13.7. The monoisotopic (exact) mass is 323 g/mol. The molecule has 2 nitrogen and oxygen atoms in total. The highest BCUT2D eigenvalue weighted by atomic mass is 32.1. The van der Waals surface area contributed by atoms with Crippen molar-refractivity contribution >= 4 is 11.3 Å². The highest BCUT2D eigenvalue weighted by Gasteiger charge is 2.13. The zero-order valence-corrected chi connectivity index (χ0v) is 14.6. The van der Waals surface area contributed by atoms with Gasteiger partial charge in [-0.2, -0.15) is 11.3 Å². The minimum atomic E-state index is 0.0357. The molecule has 0 fully saturated rings. The van der Waals surface area contributed by atoms with Crippen molar-refractivity contribution in [3.05, 3.63) is 80.8 Å². The predicted octanol–water partition coefficient (Wildman–Crippen LogP) is 4.92. The second-order valence-corrected chi connectivity index (χ2v) is 7.57. The summed E-state index contributed by atoms with van der Waals surface area (Å²) in [4.78, 5) is 12.3. The van der Waals surface area contributed by atoms with E-state index in [9.17, 15) is 4.79 Å². The molecule has 118 valence electrons. The average Bonchev–Trinajstić information content (AvgIpc) is 3.03. The predicted molar refractivity (Wildman–Crippen MR) is 98.3 cm³/mol. The molecule has 0 saturated heterocycles. The number of nitrogens with zero attached hydrogens (tertiary/aromatic N) is 1. The van der Waals surface area contributed by atoms with Crippen LogP contribution in [0.5, 0.6) is 0 Å². The number of thiophene rings is 1. The fraction of sp³-hybridized carbons (Fsp3) is 0.250. The topological polar surface area (TPSA) is 22.0 Å². The fourth-order valence-electron chi connectivity index (χ4n) is 2.64. The van der Waals surface area contributed by atoms with E-state index in [0.29, 0.717) is 6.54 Å². The number of rotatable bonds is 3. The molecule has 0 spiro atoms. The molecule has 0 atom stereocenters. The summed E-state index contributed by atoms with van der Waals surface area (Å²) in [5.74, 6) is 0. The molecular formula is C20H21NOS. The second-order valence-electron chi connectivity index (χ2n) is 6.79. The average molecular weight is 323 g/mol. The van der Waals surface area contributed by atoms with Crippen LogP contribution in [0, 0.1) is 0 Å². The van der Waals surface area contributed by atoms with Crippen molar-refractivity contribution in [1.29, 1.82) is 0 Å². The second kappa shape index (κ2) is 6.17. The van der Waals surface area contributed by atoms with Gasteiger partial charge < -0.3 is 4.57 Å². The lowest BCUT2D eigenvalue weighted by Gasteiger charge is -2.19. The molecular weight excluding hydrogens is 302 g/mol. The molecule has 0 radical (unpaired) electrons. The third kappa shape index (κ3) is 3.45. The van der Waals surface area contributed by atoms with Crippen molar-refractivity contribution in [1.82, 2.24) is 4.57 Å². The van der Waals surface area contributed by atoms with E-state index in [4.69, 9.17) is 0 Å². The lowest BCUT2D eigenvalue weighted by Crippen LogP contribution is -2.21. The maximum absolute atomic E-state index is 12.3. The molecule has 3 aromatic rings. The molecule has 0 saturated carbocycles. The summed E-state index contributed by atoms with van der Waals surface area (Å²) in [5.41, 5.74) is 4.69. The van der Waals surface area contributed by atoms with Crippen LogP contribution in [-0.4, -0.2) is 4.57 Å². The molecule has 0 bridgehead atoms. The number of hydrogen-bond acceptors (Lipinski definition) is 2. The van der Waals surface area contributed by atoms with E-state index in [2.05, 4.69) is 56.5 Å². The summed E-state index contributed by atoms with van der Waals surface area (Å²) in [6.45, 7) is 7.21. The summed E-state index contributed by atoms with van der Waals surface area (Å²) in [6.07, 6.45) is 0. The Morgan fingerprint density at radius 2 is 1.74 bits per heavy atom. The molecule has 0 N–H and O–H groups in total. The van der Waals surface area contributed by atoms with Gasteiger partial charge in [-0.3, -0.25) is 4.79 Å². The molecule has 2 aromatic heterocycles. The summed E-state index contributed by atoms with van der Waals surface area (Å²) >= 11 is 1.64. The molecule has 3 heteroatoms. The Morgan fingerprint density at radius 1 is 1.00 bits per heavy atom. The van der Waals surface area contributed by atoms with E-state index in [-0.39, 0.29) is 11.0 Å². The van der Waals surface area contributed by atoms with E-state index in [1.807, 2.05) is 22.1 Å². The van der Waals surface area contributed by atoms with Gasteiger partial charge in [0.15, 0.2) is 0 Å². The van der Waals surface area contributed by atoms with Gasteiger partial charge in [0.2, 0.25) is 0 Å². The quantitative estimate of drug-likeness (QED) is 0.670. The lowest BCUT2D eigenvalue weighted by molar-refractivity contribution is 0.589. The van der Waals surface area contributed by atoms with Crippen molar-refractivity contribution in [3.8, 4) is 11.3 Å². The van der Waals surface area contributed by atoms with Crippen molar-refractivity contribution < 1.29 is 0 Å². The lowest BCUT2D eigenvalue weighted by atomic mass is 9.87. The number of hydrogen-bond donors (Lipinski definition) is 0. The third-order valence-electron chi connectivity index (χ3n) is 4.03. The summed E-state index contributed by atoms with van der Waals surface area (Å²) in [5, 5.41) is 4.11. The minimum Gasteiger partial charge on any atom is -0.304 e. The van der Waals surface area contributed by atoms with Crippen LogP contribution in [0.3, 0.4) is 0 Å². The Morgan fingerprint density at radius 3 is 2.35 bits per heavy atom. The third-order valence-corrected chi connectivity index (χ3v) is 4.71. The van der Waals surface area contributed by atoms with E-state index >= 15 is 0 Å². The number of aromatic nitrogens is 1. The molecule has 2 heterocycles. The first-order valence-electron chi connectivity index (χ1n) is 7.77. The van der Waals surface area contributed by atoms with Crippen molar-refractivity contribution in [2.75, 3.05) is 0 Å². The highest BCUT2D eigenvalue weighted by Crippen LogP contribution is 2.24. The Balaban J connectivity index is 1.96. The Labute approximate surface area is 141 Å². The molecule has 0 amide bonds. The van der Waals surface area contributed by atoms with Crippen LogP contribution in [0.15, 0.2) is 64.1 Å². The maximum atomic E-state index is 12.3. The summed E-state index contributed by atoms with van der Waals surface area (Å²) in [6, 6.07) is 16.1. The van der Waals surface area contributed by atoms with Gasteiger partial charge in [-0.1, -0.05) is 51.1 Å². The van der Waals surface area contributed by atoms with Crippen LogP contribution in [0.2, 0.25) is 0 Å². The van der Waals surface area contributed by atoms with E-state index < -0.39 is 0 Å². The van der Waals surface area contributed by atoms with Gasteiger partial charge in [0.25, 0.3) is 5.56 Å². The Bertz CT molecular complexity index is 837. The van der Waals surface area contributed by atoms with E-state index in [0.717, 1.165) is 16.8 Å². The molecule has 1 aromatic carbocycles. The van der Waals surface area contributed by atoms with Gasteiger partial charge in [0.05, 0.1) is 12.2 Å². The summed E-state index contributed by atoms with van der Waals surface area (Å²) < 4.78 is 1.84. The molecule has 23 heavy (non-hydrogen) atoms. The normalized spacial score (nSPS) is 11.6. The van der Waals surface area contributed by atoms with Crippen LogP contribution in [-0.2, 0) is 12.0 Å². The molecule has 3 rings (SSSR count). The minimum absolute atomic E-state index is 0.0357. The van der Waals surface area contributed by atoms with Crippen LogP contribution in [0.4, 0.5) is 0 Å². The molecule has 0 aliphatic carbocycles. The van der Waals surface area contributed by atoms with E-state index in [1.54, 1.807) is 17.4 Å². The van der Waals surface area contributed by atoms with Crippen LogP contribution >= 0.6 is 11.3 Å². The van der Waals surface area contributed by atoms with Crippen molar-refractivity contribution in [3.63, 3.8) is 0 Å². The van der Waals surface area contributed by atoms with Gasteiger partial charge in [0.1, 0.15) is 0 Å². The summed E-state index contributed by atoms with van der Waals surface area (Å²) in [7, 11) is 0. The van der Waals surface area contributed by atoms with Crippen molar-refractivity contribution in [2.45, 2.75) is 32.7 Å². The first kappa shape index (κ1) is 15.8. The first-order chi connectivity index (χ1) is 10.9. The standard InChI is InChI=1S/C20H21NOS/c1-20(2,3)17-9-7-15(8-10-17)13-21-18(5-4-6-19(21)22)16-11-12-23-14-16/h4-12,14H,13H2,1-3H3. The Kier molecular flexibility index (Phi) is 4.22. The smallest absolute Gasteiger partial charge is 0.251 e.